The van der Waals surface area contributed by atoms with E-state index in [-0.39, 0.29) is 17.7 Å². The SMILES string of the molecule is C=C(CC)C(=O)NC(C)=O.CC(N)=O. The number of primary amides is 1. The van der Waals surface area contributed by atoms with Crippen molar-refractivity contribution < 1.29 is 14.4 Å². The van der Waals surface area contributed by atoms with Crippen molar-refractivity contribution in [3.05, 3.63) is 12.2 Å². The van der Waals surface area contributed by atoms with Gasteiger partial charge in [-0.05, 0) is 6.42 Å². The lowest BCUT2D eigenvalue weighted by molar-refractivity contribution is -0.127. The van der Waals surface area contributed by atoms with E-state index in [0.717, 1.165) is 0 Å². The Kier molecular flexibility index (Phi) is 8.46. The van der Waals surface area contributed by atoms with Gasteiger partial charge in [-0.1, -0.05) is 13.5 Å². The summed E-state index contributed by atoms with van der Waals surface area (Å²) >= 11 is 0. The molecule has 0 aliphatic rings. The highest BCUT2D eigenvalue weighted by molar-refractivity contribution is 6.03. The summed E-state index contributed by atoms with van der Waals surface area (Å²) in [6, 6.07) is 0. The molecule has 5 heteroatoms. The lowest BCUT2D eigenvalue weighted by Crippen LogP contribution is -2.28. The maximum atomic E-state index is 10.8. The molecule has 0 aromatic carbocycles. The van der Waals surface area contributed by atoms with Crippen molar-refractivity contribution in [2.75, 3.05) is 0 Å². The highest BCUT2D eigenvalue weighted by Gasteiger charge is 2.04. The number of nitrogens with one attached hydrogen (secondary N) is 1. The third-order valence-electron chi connectivity index (χ3n) is 1.04. The Labute approximate surface area is 83.3 Å². The molecule has 0 rings (SSSR count). The summed E-state index contributed by atoms with van der Waals surface area (Å²) in [5, 5.41) is 2.12. The molecule has 14 heavy (non-hydrogen) atoms. The first-order chi connectivity index (χ1) is 6.31. The molecule has 3 amide bonds. The van der Waals surface area contributed by atoms with Crippen molar-refractivity contribution in [3.63, 3.8) is 0 Å². The lowest BCUT2D eigenvalue weighted by atomic mass is 10.2. The second-order valence-corrected chi connectivity index (χ2v) is 2.58. The molecule has 80 valence electrons. The molecule has 0 fully saturated rings. The fourth-order valence-electron chi connectivity index (χ4n) is 0.409. The molecule has 0 saturated carbocycles. The Bertz CT molecular complexity index is 242. The second kappa shape index (κ2) is 7.97. The van der Waals surface area contributed by atoms with E-state index >= 15 is 0 Å². The summed E-state index contributed by atoms with van der Waals surface area (Å²) in [4.78, 5) is 30.3. The van der Waals surface area contributed by atoms with Crippen molar-refractivity contribution in [1.29, 1.82) is 0 Å². The van der Waals surface area contributed by atoms with Gasteiger partial charge >= 0.3 is 0 Å². The van der Waals surface area contributed by atoms with Crippen LogP contribution in [0.2, 0.25) is 0 Å². The quantitative estimate of drug-likeness (QED) is 0.620. The molecule has 0 heterocycles. The van der Waals surface area contributed by atoms with Crippen molar-refractivity contribution in [2.45, 2.75) is 27.2 Å². The van der Waals surface area contributed by atoms with Crippen LogP contribution in [-0.2, 0) is 14.4 Å². The molecule has 0 saturated heterocycles. The van der Waals surface area contributed by atoms with Gasteiger partial charge in [-0.25, -0.2) is 0 Å². The Morgan fingerprint density at radius 2 is 1.64 bits per heavy atom. The van der Waals surface area contributed by atoms with Crippen LogP contribution in [0.3, 0.4) is 0 Å². The van der Waals surface area contributed by atoms with E-state index in [0.29, 0.717) is 12.0 Å². The number of carbonyl (C=O) groups is 3. The van der Waals surface area contributed by atoms with E-state index in [1.165, 1.54) is 13.8 Å². The largest absolute Gasteiger partial charge is 0.370 e. The summed E-state index contributed by atoms with van der Waals surface area (Å²) < 4.78 is 0. The fourth-order valence-corrected chi connectivity index (χ4v) is 0.409. The van der Waals surface area contributed by atoms with Gasteiger partial charge in [-0.2, -0.15) is 0 Å². The van der Waals surface area contributed by atoms with Crippen LogP contribution in [0, 0.1) is 0 Å². The van der Waals surface area contributed by atoms with Gasteiger partial charge in [-0.3, -0.25) is 19.7 Å². The zero-order chi connectivity index (χ0) is 11.7. The molecule has 0 atom stereocenters. The maximum Gasteiger partial charge on any atom is 0.253 e. The maximum absolute atomic E-state index is 10.8. The van der Waals surface area contributed by atoms with Crippen molar-refractivity contribution in [1.82, 2.24) is 5.32 Å². The zero-order valence-corrected chi connectivity index (χ0v) is 8.72. The van der Waals surface area contributed by atoms with Crippen LogP contribution in [0.5, 0.6) is 0 Å². The minimum atomic E-state index is -0.380. The zero-order valence-electron chi connectivity index (χ0n) is 8.72. The smallest absolute Gasteiger partial charge is 0.253 e. The second-order valence-electron chi connectivity index (χ2n) is 2.58. The first-order valence-electron chi connectivity index (χ1n) is 4.07. The van der Waals surface area contributed by atoms with Crippen molar-refractivity contribution in [2.24, 2.45) is 5.73 Å². The van der Waals surface area contributed by atoms with Gasteiger partial charge in [0.25, 0.3) is 5.91 Å². The number of carbonyl (C=O) groups excluding carboxylic acids is 3. The third kappa shape index (κ3) is 13.0. The highest BCUT2D eigenvalue weighted by Crippen LogP contribution is 1.94. The molecule has 0 bridgehead atoms. The highest BCUT2D eigenvalue weighted by atomic mass is 16.2. The Hall–Kier alpha value is -1.65. The first-order valence-corrected chi connectivity index (χ1v) is 4.07. The Balaban J connectivity index is 0. The molecule has 0 aromatic heterocycles. The van der Waals surface area contributed by atoms with Crippen LogP contribution < -0.4 is 11.1 Å². The van der Waals surface area contributed by atoms with Crippen LogP contribution in [-0.4, -0.2) is 17.7 Å². The topological polar surface area (TPSA) is 89.3 Å². The number of imide groups is 1. The van der Waals surface area contributed by atoms with E-state index < -0.39 is 0 Å². The molecule has 0 unspecified atom stereocenters. The van der Waals surface area contributed by atoms with E-state index in [4.69, 9.17) is 0 Å². The molecule has 3 N–H and O–H groups in total. The Morgan fingerprint density at radius 3 is 1.86 bits per heavy atom. The molecule has 0 aliphatic carbocycles. The van der Waals surface area contributed by atoms with Gasteiger partial charge in [0.1, 0.15) is 0 Å². The fraction of sp³-hybridized carbons (Fsp3) is 0.444. The molecular formula is C9H16N2O3. The summed E-state index contributed by atoms with van der Waals surface area (Å²) in [7, 11) is 0. The number of nitrogens with two attached hydrogens (primary N) is 1. The van der Waals surface area contributed by atoms with E-state index in [9.17, 15) is 14.4 Å². The van der Waals surface area contributed by atoms with Crippen LogP contribution in [0.4, 0.5) is 0 Å². The van der Waals surface area contributed by atoms with Gasteiger partial charge in [-0.15, -0.1) is 0 Å². The van der Waals surface area contributed by atoms with Crippen molar-refractivity contribution >= 4 is 17.7 Å². The van der Waals surface area contributed by atoms with E-state index in [2.05, 4.69) is 17.6 Å². The molecule has 0 spiro atoms. The monoisotopic (exact) mass is 200 g/mol. The predicted octanol–water partition coefficient (Wildman–Crippen LogP) is 0.107. The summed E-state index contributed by atoms with van der Waals surface area (Å²) in [6.45, 7) is 7.87. The molecule has 0 aromatic rings. The average Bonchev–Trinajstić information content (AvgIpc) is 2.00. The van der Waals surface area contributed by atoms with Crippen LogP contribution in [0.25, 0.3) is 0 Å². The standard InChI is InChI=1S/C7H11NO2.C2H5NO/c1-4-5(2)7(10)8-6(3)9;1-2(3)4/h2,4H2,1,3H3,(H,8,9,10);1H3,(H2,3,4). The normalized spacial score (nSPS) is 7.93. The molecule has 0 radical (unpaired) electrons. The van der Waals surface area contributed by atoms with Gasteiger partial charge < -0.3 is 5.73 Å². The first kappa shape index (κ1) is 14.9. The minimum absolute atomic E-state index is 0.333. The van der Waals surface area contributed by atoms with Crippen LogP contribution in [0.1, 0.15) is 27.2 Å². The number of hydrogen-bond acceptors (Lipinski definition) is 3. The summed E-state index contributed by atoms with van der Waals surface area (Å²) in [5.74, 6) is -1.06. The summed E-state index contributed by atoms with van der Waals surface area (Å²) in [6.07, 6.45) is 0.569. The molecular weight excluding hydrogens is 184 g/mol. The number of amides is 3. The minimum Gasteiger partial charge on any atom is -0.370 e. The third-order valence-corrected chi connectivity index (χ3v) is 1.04. The van der Waals surface area contributed by atoms with Gasteiger partial charge in [0, 0.05) is 19.4 Å². The lowest BCUT2D eigenvalue weighted by Gasteiger charge is -1.99. The molecule has 0 aliphatic heterocycles. The van der Waals surface area contributed by atoms with Crippen molar-refractivity contribution in [3.8, 4) is 0 Å². The van der Waals surface area contributed by atoms with Crippen LogP contribution in [0.15, 0.2) is 12.2 Å². The number of rotatable bonds is 2. The average molecular weight is 200 g/mol. The predicted molar refractivity (Wildman–Crippen MR) is 53.1 cm³/mol. The van der Waals surface area contributed by atoms with Crippen LogP contribution >= 0.6 is 0 Å². The Morgan fingerprint density at radius 1 is 1.29 bits per heavy atom. The molecule has 5 nitrogen and oxygen atoms in total. The van der Waals surface area contributed by atoms with E-state index in [1.807, 2.05) is 6.92 Å². The van der Waals surface area contributed by atoms with Gasteiger partial charge in [0.2, 0.25) is 11.8 Å². The number of hydrogen-bond donors (Lipinski definition) is 2. The van der Waals surface area contributed by atoms with E-state index in [1.54, 1.807) is 0 Å². The summed E-state index contributed by atoms with van der Waals surface area (Å²) in [5.41, 5.74) is 4.90. The van der Waals surface area contributed by atoms with Gasteiger partial charge in [0.05, 0.1) is 0 Å². The van der Waals surface area contributed by atoms with Gasteiger partial charge in [0.15, 0.2) is 0 Å².